The summed E-state index contributed by atoms with van der Waals surface area (Å²) < 4.78 is 29.4. The Balaban J connectivity index is 1.72. The third kappa shape index (κ3) is 2.47. The fourth-order valence-electron chi connectivity index (χ4n) is 3.92. The van der Waals surface area contributed by atoms with Gasteiger partial charge in [0.25, 0.3) is 10.0 Å². The highest BCUT2D eigenvalue weighted by molar-refractivity contribution is 7.90. The molecule has 0 atom stereocenters. The molecule has 0 aliphatic heterocycles. The number of fused-ring (bicyclic) bond motifs is 3. The number of aryl methyl sites for hydroxylation is 1. The van der Waals surface area contributed by atoms with E-state index in [0.717, 1.165) is 29.7 Å². The van der Waals surface area contributed by atoms with Crippen molar-refractivity contribution in [3.8, 4) is 0 Å². The summed E-state index contributed by atoms with van der Waals surface area (Å²) in [6.07, 6.45) is 7.72. The highest BCUT2D eigenvalue weighted by atomic mass is 32.2. The number of hydrogen-bond acceptors (Lipinski definition) is 5. The molecule has 8 heteroatoms. The molecule has 1 fully saturated rings. The number of nitrogens with zero attached hydrogens (tertiary/aromatic N) is 5. The summed E-state index contributed by atoms with van der Waals surface area (Å²) in [7, 11) is -3.72. The molecule has 3 aromatic heterocycles. The summed E-state index contributed by atoms with van der Waals surface area (Å²) in [4.78, 5) is 4.62. The van der Waals surface area contributed by atoms with Crippen LogP contribution in [-0.2, 0) is 10.0 Å². The molecule has 0 unspecified atom stereocenters. The summed E-state index contributed by atoms with van der Waals surface area (Å²) in [6.45, 7) is 1.93. The van der Waals surface area contributed by atoms with E-state index in [2.05, 4.69) is 15.2 Å². The van der Waals surface area contributed by atoms with Crippen LogP contribution < -0.4 is 0 Å². The Kier molecular flexibility index (Phi) is 3.58. The van der Waals surface area contributed by atoms with Crippen molar-refractivity contribution >= 4 is 26.8 Å². The lowest BCUT2D eigenvalue weighted by Gasteiger charge is -2.09. The van der Waals surface area contributed by atoms with Crippen molar-refractivity contribution in [1.29, 1.82) is 0 Å². The molecule has 138 valence electrons. The Morgan fingerprint density at radius 2 is 1.78 bits per heavy atom. The maximum atomic E-state index is 13.1. The average Bonchev–Trinajstić information content (AvgIpc) is 3.39. The van der Waals surface area contributed by atoms with E-state index in [9.17, 15) is 8.42 Å². The molecule has 0 saturated heterocycles. The topological polar surface area (TPSA) is 82.1 Å². The largest absolute Gasteiger partial charge is 0.274 e. The maximum absolute atomic E-state index is 13.1. The lowest BCUT2D eigenvalue weighted by molar-refractivity contribution is 0.588. The van der Waals surface area contributed by atoms with Crippen LogP contribution in [0.2, 0.25) is 0 Å². The van der Waals surface area contributed by atoms with Crippen LogP contribution in [0.15, 0.2) is 47.6 Å². The highest BCUT2D eigenvalue weighted by Gasteiger charge is 2.25. The van der Waals surface area contributed by atoms with Gasteiger partial charge in [-0.25, -0.2) is 17.4 Å². The summed E-state index contributed by atoms with van der Waals surface area (Å²) in [5.74, 6) is 1.27. The monoisotopic (exact) mass is 381 g/mol. The van der Waals surface area contributed by atoms with Crippen LogP contribution in [0.4, 0.5) is 0 Å². The van der Waals surface area contributed by atoms with Gasteiger partial charge in [-0.15, -0.1) is 10.2 Å². The average molecular weight is 381 g/mol. The molecule has 1 aromatic carbocycles. The van der Waals surface area contributed by atoms with Gasteiger partial charge in [0.15, 0.2) is 11.3 Å². The molecule has 0 N–H and O–H groups in total. The van der Waals surface area contributed by atoms with Crippen molar-refractivity contribution in [2.45, 2.75) is 43.4 Å². The number of aromatic nitrogens is 5. The first-order valence-electron chi connectivity index (χ1n) is 9.09. The van der Waals surface area contributed by atoms with E-state index in [1.807, 2.05) is 11.3 Å². The van der Waals surface area contributed by atoms with Gasteiger partial charge >= 0.3 is 0 Å². The van der Waals surface area contributed by atoms with E-state index in [1.165, 1.54) is 16.8 Å². The minimum absolute atomic E-state index is 0.243. The predicted molar refractivity (Wildman–Crippen MR) is 101 cm³/mol. The first kappa shape index (κ1) is 16.4. The smallest absolute Gasteiger partial charge is 0.269 e. The molecule has 1 aliphatic rings. The van der Waals surface area contributed by atoms with Crippen LogP contribution >= 0.6 is 0 Å². The Hall–Kier alpha value is -2.74. The third-order valence-corrected chi connectivity index (χ3v) is 7.04. The van der Waals surface area contributed by atoms with Gasteiger partial charge in [0.1, 0.15) is 5.82 Å². The second kappa shape index (κ2) is 5.88. The zero-order valence-corrected chi connectivity index (χ0v) is 15.7. The number of benzene rings is 1. The zero-order valence-electron chi connectivity index (χ0n) is 14.9. The molecule has 0 radical (unpaired) electrons. The van der Waals surface area contributed by atoms with Crippen molar-refractivity contribution in [2.24, 2.45) is 0 Å². The predicted octanol–water partition coefficient (Wildman–Crippen LogP) is 3.28. The summed E-state index contributed by atoms with van der Waals surface area (Å²) in [6, 6.07) is 8.61. The van der Waals surface area contributed by atoms with E-state index >= 15 is 0 Å². The summed E-state index contributed by atoms with van der Waals surface area (Å²) >= 11 is 0. The number of rotatable bonds is 3. The fraction of sp³-hybridized carbons (Fsp3) is 0.316. The van der Waals surface area contributed by atoms with Crippen molar-refractivity contribution in [1.82, 2.24) is 23.6 Å². The SMILES string of the molecule is Cc1ccc(S(=O)(=O)n2ccc3c2ncc2nnc(C4CCCC4)n23)cc1. The van der Waals surface area contributed by atoms with Crippen molar-refractivity contribution in [3.63, 3.8) is 0 Å². The van der Waals surface area contributed by atoms with Crippen LogP contribution in [0.3, 0.4) is 0 Å². The molecule has 0 bridgehead atoms. The van der Waals surface area contributed by atoms with E-state index in [1.54, 1.807) is 42.7 Å². The van der Waals surface area contributed by atoms with Crippen molar-refractivity contribution in [3.05, 3.63) is 54.1 Å². The van der Waals surface area contributed by atoms with Gasteiger partial charge in [-0.3, -0.25) is 4.40 Å². The standard InChI is InChI=1S/C19H19N5O2S/c1-13-6-8-15(9-7-13)27(25,26)23-11-10-16-19(23)20-12-17-21-22-18(24(16)17)14-4-2-3-5-14/h6-12,14H,2-5H2,1H3. The van der Waals surface area contributed by atoms with Gasteiger partial charge in [0.2, 0.25) is 0 Å². The normalized spacial score (nSPS) is 15.9. The van der Waals surface area contributed by atoms with Gasteiger partial charge in [0, 0.05) is 12.1 Å². The second-order valence-electron chi connectivity index (χ2n) is 7.13. The molecule has 1 aliphatic carbocycles. The van der Waals surface area contributed by atoms with Crippen LogP contribution in [0.1, 0.15) is 43.0 Å². The fourth-order valence-corrected chi connectivity index (χ4v) is 5.21. The highest BCUT2D eigenvalue weighted by Crippen LogP contribution is 2.34. The van der Waals surface area contributed by atoms with Crippen LogP contribution in [0, 0.1) is 6.92 Å². The van der Waals surface area contributed by atoms with E-state index in [0.29, 0.717) is 17.2 Å². The van der Waals surface area contributed by atoms with Gasteiger partial charge < -0.3 is 0 Å². The Labute approximate surface area is 156 Å². The quantitative estimate of drug-likeness (QED) is 0.544. The molecule has 0 amide bonds. The van der Waals surface area contributed by atoms with Gasteiger partial charge in [0.05, 0.1) is 16.6 Å². The van der Waals surface area contributed by atoms with E-state index in [4.69, 9.17) is 0 Å². The number of hydrogen-bond donors (Lipinski definition) is 0. The first-order chi connectivity index (χ1) is 13.1. The minimum Gasteiger partial charge on any atom is -0.274 e. The second-order valence-corrected chi connectivity index (χ2v) is 8.94. The zero-order chi connectivity index (χ0) is 18.6. The third-order valence-electron chi connectivity index (χ3n) is 5.36. The Morgan fingerprint density at radius 1 is 1.04 bits per heavy atom. The molecule has 7 nitrogen and oxygen atoms in total. The molecule has 4 aromatic rings. The van der Waals surface area contributed by atoms with Crippen LogP contribution in [-0.4, -0.2) is 32.0 Å². The van der Waals surface area contributed by atoms with Crippen molar-refractivity contribution in [2.75, 3.05) is 0 Å². The van der Waals surface area contributed by atoms with Crippen LogP contribution in [0.25, 0.3) is 16.8 Å². The Bertz CT molecular complexity index is 1250. The van der Waals surface area contributed by atoms with Gasteiger partial charge in [-0.05, 0) is 38.0 Å². The Morgan fingerprint density at radius 3 is 2.52 bits per heavy atom. The molecular weight excluding hydrogens is 362 g/mol. The minimum atomic E-state index is -3.72. The first-order valence-corrected chi connectivity index (χ1v) is 10.5. The molecule has 0 spiro atoms. The maximum Gasteiger partial charge on any atom is 0.269 e. The van der Waals surface area contributed by atoms with Crippen molar-refractivity contribution < 1.29 is 8.42 Å². The molecule has 27 heavy (non-hydrogen) atoms. The van der Waals surface area contributed by atoms with Gasteiger partial charge in [-0.1, -0.05) is 30.5 Å². The molecule has 3 heterocycles. The van der Waals surface area contributed by atoms with E-state index in [-0.39, 0.29) is 4.90 Å². The molecule has 5 rings (SSSR count). The summed E-state index contributed by atoms with van der Waals surface area (Å²) in [5.41, 5.74) is 2.77. The lowest BCUT2D eigenvalue weighted by atomic mass is 10.1. The van der Waals surface area contributed by atoms with E-state index < -0.39 is 10.0 Å². The van der Waals surface area contributed by atoms with Gasteiger partial charge in [-0.2, -0.15) is 0 Å². The molecular formula is C19H19N5O2S. The summed E-state index contributed by atoms with van der Waals surface area (Å²) in [5, 5.41) is 8.63. The lowest BCUT2D eigenvalue weighted by Crippen LogP contribution is -2.13. The van der Waals surface area contributed by atoms with Crippen LogP contribution in [0.5, 0.6) is 0 Å². The molecule has 1 saturated carbocycles.